The van der Waals surface area contributed by atoms with Gasteiger partial charge in [-0.1, -0.05) is 24.3 Å². The average molecular weight is 258 g/mol. The van der Waals surface area contributed by atoms with E-state index in [0.29, 0.717) is 19.5 Å². The van der Waals surface area contributed by atoms with Crippen molar-refractivity contribution in [2.75, 3.05) is 0 Å². The van der Waals surface area contributed by atoms with E-state index < -0.39 is 0 Å². The van der Waals surface area contributed by atoms with E-state index in [2.05, 4.69) is 15.5 Å². The molecule has 19 heavy (non-hydrogen) atoms. The fourth-order valence-corrected chi connectivity index (χ4v) is 1.79. The maximum atomic E-state index is 11.8. The highest BCUT2D eigenvalue weighted by Crippen LogP contribution is 2.05. The van der Waals surface area contributed by atoms with Crippen LogP contribution < -0.4 is 11.1 Å². The summed E-state index contributed by atoms with van der Waals surface area (Å²) in [6, 6.07) is 7.77. The molecule has 0 saturated heterocycles. The molecule has 5 nitrogen and oxygen atoms in total. The lowest BCUT2D eigenvalue weighted by Gasteiger charge is -2.05. The summed E-state index contributed by atoms with van der Waals surface area (Å²) in [5, 5.41) is 9.64. The molecule has 0 aliphatic carbocycles. The standard InChI is InChI=1S/C14H18N4O/c1-10-13(9-17-18-10)8-16-14(19)6-11-2-4-12(7-15)5-3-11/h2-5,9H,6-8,15H2,1H3,(H,16,19)(H,17,18). The van der Waals surface area contributed by atoms with Gasteiger partial charge in [-0.3, -0.25) is 9.89 Å². The zero-order valence-corrected chi connectivity index (χ0v) is 10.9. The number of amides is 1. The smallest absolute Gasteiger partial charge is 0.224 e. The monoisotopic (exact) mass is 258 g/mol. The second kappa shape index (κ2) is 6.15. The summed E-state index contributed by atoms with van der Waals surface area (Å²) in [4.78, 5) is 11.8. The Labute approximate surface area is 112 Å². The van der Waals surface area contributed by atoms with Gasteiger partial charge in [-0.25, -0.2) is 0 Å². The predicted molar refractivity (Wildman–Crippen MR) is 73.2 cm³/mol. The molecule has 0 bridgehead atoms. The summed E-state index contributed by atoms with van der Waals surface area (Å²) in [5.41, 5.74) is 9.57. The third-order valence-electron chi connectivity index (χ3n) is 3.03. The van der Waals surface area contributed by atoms with Gasteiger partial charge in [0, 0.05) is 24.3 Å². The third kappa shape index (κ3) is 3.66. The first-order valence-electron chi connectivity index (χ1n) is 6.22. The molecule has 1 heterocycles. The number of carbonyl (C=O) groups excluding carboxylic acids is 1. The van der Waals surface area contributed by atoms with E-state index in [1.54, 1.807) is 6.20 Å². The number of nitrogens with zero attached hydrogens (tertiary/aromatic N) is 1. The highest BCUT2D eigenvalue weighted by Gasteiger charge is 2.05. The minimum Gasteiger partial charge on any atom is -0.352 e. The predicted octanol–water partition coefficient (Wildman–Crippen LogP) is 1.04. The Morgan fingerprint density at radius 3 is 2.58 bits per heavy atom. The number of aromatic amines is 1. The van der Waals surface area contributed by atoms with Crippen LogP contribution >= 0.6 is 0 Å². The Morgan fingerprint density at radius 2 is 2.00 bits per heavy atom. The molecule has 1 amide bonds. The van der Waals surface area contributed by atoms with Gasteiger partial charge in [0.2, 0.25) is 5.91 Å². The van der Waals surface area contributed by atoms with E-state index in [0.717, 1.165) is 22.4 Å². The normalized spacial score (nSPS) is 10.4. The quantitative estimate of drug-likeness (QED) is 0.749. The zero-order valence-electron chi connectivity index (χ0n) is 10.9. The van der Waals surface area contributed by atoms with E-state index in [1.807, 2.05) is 31.2 Å². The summed E-state index contributed by atoms with van der Waals surface area (Å²) < 4.78 is 0. The van der Waals surface area contributed by atoms with Crippen LogP contribution in [0, 0.1) is 6.92 Å². The van der Waals surface area contributed by atoms with Crippen molar-refractivity contribution in [2.45, 2.75) is 26.4 Å². The van der Waals surface area contributed by atoms with Crippen molar-refractivity contribution in [1.82, 2.24) is 15.5 Å². The van der Waals surface area contributed by atoms with Crippen LogP contribution in [-0.2, 0) is 24.3 Å². The van der Waals surface area contributed by atoms with E-state index in [9.17, 15) is 4.79 Å². The van der Waals surface area contributed by atoms with Crippen molar-refractivity contribution in [3.05, 3.63) is 52.8 Å². The number of benzene rings is 1. The van der Waals surface area contributed by atoms with Crippen LogP contribution in [0.2, 0.25) is 0 Å². The van der Waals surface area contributed by atoms with E-state index in [-0.39, 0.29) is 5.91 Å². The molecular formula is C14H18N4O. The Hall–Kier alpha value is -2.14. The minimum absolute atomic E-state index is 0.00102. The van der Waals surface area contributed by atoms with Crippen molar-refractivity contribution in [2.24, 2.45) is 5.73 Å². The SMILES string of the molecule is Cc1[nH]ncc1CNC(=O)Cc1ccc(CN)cc1. The first-order chi connectivity index (χ1) is 9.19. The lowest BCUT2D eigenvalue weighted by Crippen LogP contribution is -2.24. The maximum absolute atomic E-state index is 11.8. The van der Waals surface area contributed by atoms with Crippen LogP contribution in [0.1, 0.15) is 22.4 Å². The molecule has 5 heteroatoms. The molecule has 1 aromatic carbocycles. The summed E-state index contributed by atoms with van der Waals surface area (Å²) in [7, 11) is 0. The van der Waals surface area contributed by atoms with Crippen molar-refractivity contribution >= 4 is 5.91 Å². The molecule has 2 aromatic rings. The van der Waals surface area contributed by atoms with Crippen molar-refractivity contribution in [3.8, 4) is 0 Å². The summed E-state index contributed by atoms with van der Waals surface area (Å²) in [6.07, 6.45) is 2.10. The number of nitrogens with one attached hydrogen (secondary N) is 2. The fourth-order valence-electron chi connectivity index (χ4n) is 1.79. The molecule has 0 fully saturated rings. The largest absolute Gasteiger partial charge is 0.352 e. The third-order valence-corrected chi connectivity index (χ3v) is 3.03. The van der Waals surface area contributed by atoms with Crippen molar-refractivity contribution in [1.29, 1.82) is 0 Å². The summed E-state index contributed by atoms with van der Waals surface area (Å²) in [5.74, 6) is 0.00102. The van der Waals surface area contributed by atoms with Gasteiger partial charge in [0.05, 0.1) is 12.6 Å². The summed E-state index contributed by atoms with van der Waals surface area (Å²) >= 11 is 0. The average Bonchev–Trinajstić information content (AvgIpc) is 2.83. The Bertz CT molecular complexity index is 545. The minimum atomic E-state index is 0.00102. The Balaban J connectivity index is 1.85. The highest BCUT2D eigenvalue weighted by molar-refractivity contribution is 5.78. The molecule has 1 aromatic heterocycles. The number of carbonyl (C=O) groups is 1. The lowest BCUT2D eigenvalue weighted by molar-refractivity contribution is -0.120. The first-order valence-corrected chi connectivity index (χ1v) is 6.22. The molecule has 0 atom stereocenters. The second-order valence-electron chi connectivity index (χ2n) is 4.49. The van der Waals surface area contributed by atoms with E-state index in [1.165, 1.54) is 0 Å². The maximum Gasteiger partial charge on any atom is 0.224 e. The molecule has 0 saturated carbocycles. The number of hydrogen-bond donors (Lipinski definition) is 3. The molecule has 0 spiro atoms. The number of nitrogens with two attached hydrogens (primary N) is 1. The number of aromatic nitrogens is 2. The van der Waals surface area contributed by atoms with Crippen molar-refractivity contribution in [3.63, 3.8) is 0 Å². The van der Waals surface area contributed by atoms with Crippen LogP contribution in [-0.4, -0.2) is 16.1 Å². The first kappa shape index (κ1) is 13.3. The molecule has 0 aliphatic rings. The van der Waals surface area contributed by atoms with Gasteiger partial charge in [0.1, 0.15) is 0 Å². The topological polar surface area (TPSA) is 83.8 Å². The van der Waals surface area contributed by atoms with E-state index >= 15 is 0 Å². The summed E-state index contributed by atoms with van der Waals surface area (Å²) in [6.45, 7) is 2.95. The van der Waals surface area contributed by atoms with Crippen LogP contribution in [0.5, 0.6) is 0 Å². The molecule has 0 radical (unpaired) electrons. The van der Waals surface area contributed by atoms with E-state index in [4.69, 9.17) is 5.73 Å². The molecule has 100 valence electrons. The fraction of sp³-hybridized carbons (Fsp3) is 0.286. The van der Waals surface area contributed by atoms with Crippen molar-refractivity contribution < 1.29 is 4.79 Å². The van der Waals surface area contributed by atoms with Crippen LogP contribution in [0.4, 0.5) is 0 Å². The van der Waals surface area contributed by atoms with Crippen LogP contribution in [0.15, 0.2) is 30.5 Å². The van der Waals surface area contributed by atoms with Crippen LogP contribution in [0.3, 0.4) is 0 Å². The molecule has 4 N–H and O–H groups in total. The van der Waals surface area contributed by atoms with Gasteiger partial charge in [0.15, 0.2) is 0 Å². The number of hydrogen-bond acceptors (Lipinski definition) is 3. The molecule has 2 rings (SSSR count). The number of aryl methyl sites for hydroxylation is 1. The van der Waals surface area contributed by atoms with Gasteiger partial charge in [-0.05, 0) is 18.1 Å². The molecule has 0 unspecified atom stereocenters. The van der Waals surface area contributed by atoms with Crippen LogP contribution in [0.25, 0.3) is 0 Å². The second-order valence-corrected chi connectivity index (χ2v) is 4.49. The zero-order chi connectivity index (χ0) is 13.7. The van der Waals surface area contributed by atoms with Gasteiger partial charge >= 0.3 is 0 Å². The molecular weight excluding hydrogens is 240 g/mol. The lowest BCUT2D eigenvalue weighted by atomic mass is 10.1. The Morgan fingerprint density at radius 1 is 1.32 bits per heavy atom. The van der Waals surface area contributed by atoms with Gasteiger partial charge in [-0.15, -0.1) is 0 Å². The Kier molecular flexibility index (Phi) is 4.30. The van der Waals surface area contributed by atoms with Gasteiger partial charge in [-0.2, -0.15) is 5.10 Å². The number of rotatable bonds is 5. The van der Waals surface area contributed by atoms with Gasteiger partial charge in [0.25, 0.3) is 0 Å². The highest BCUT2D eigenvalue weighted by atomic mass is 16.1. The molecule has 0 aliphatic heterocycles. The van der Waals surface area contributed by atoms with Gasteiger partial charge < -0.3 is 11.1 Å². The number of H-pyrrole nitrogens is 1.